The number of terminal acetylenes is 1. The molecular formula is C10H15NO. The standard InChI is InChI=1S/C10H15NO/c1-4-6-7-9(3)8-10(12)11-5-2/h2,8H,4,6-7H2,1,3H3,(H,11,12)/b9-8+. The van der Waals surface area contributed by atoms with Crippen LogP contribution in [0.1, 0.15) is 33.1 Å². The van der Waals surface area contributed by atoms with Crippen LogP contribution in [0, 0.1) is 12.5 Å². The van der Waals surface area contributed by atoms with Crippen molar-refractivity contribution in [2.75, 3.05) is 0 Å². The summed E-state index contributed by atoms with van der Waals surface area (Å²) in [5.41, 5.74) is 1.07. The van der Waals surface area contributed by atoms with Gasteiger partial charge in [0.25, 0.3) is 5.91 Å². The highest BCUT2D eigenvalue weighted by atomic mass is 16.1. The molecule has 0 fully saturated rings. The second kappa shape index (κ2) is 6.48. The number of allylic oxidation sites excluding steroid dienone is 1. The van der Waals surface area contributed by atoms with Gasteiger partial charge in [-0.25, -0.2) is 0 Å². The molecule has 0 saturated heterocycles. The molecule has 2 heteroatoms. The lowest BCUT2D eigenvalue weighted by Gasteiger charge is -1.97. The molecule has 1 amide bonds. The lowest BCUT2D eigenvalue weighted by atomic mass is 10.1. The predicted octanol–water partition coefficient (Wildman–Crippen LogP) is 1.83. The minimum atomic E-state index is -0.203. The van der Waals surface area contributed by atoms with Gasteiger partial charge in [-0.1, -0.05) is 25.3 Å². The van der Waals surface area contributed by atoms with Crippen molar-refractivity contribution in [1.29, 1.82) is 0 Å². The van der Waals surface area contributed by atoms with Gasteiger partial charge in [0.05, 0.1) is 0 Å². The van der Waals surface area contributed by atoms with Gasteiger partial charge in [-0.2, -0.15) is 0 Å². The maximum Gasteiger partial charge on any atom is 0.255 e. The zero-order valence-electron chi connectivity index (χ0n) is 7.68. The molecule has 0 unspecified atom stereocenters. The Balaban J connectivity index is 3.82. The first-order chi connectivity index (χ1) is 5.70. The van der Waals surface area contributed by atoms with Gasteiger partial charge in [0.1, 0.15) is 0 Å². The summed E-state index contributed by atoms with van der Waals surface area (Å²) in [5.74, 6) is -0.203. The molecule has 0 aromatic carbocycles. The highest BCUT2D eigenvalue weighted by Crippen LogP contribution is 2.04. The molecule has 0 aromatic heterocycles. The Labute approximate surface area is 74.0 Å². The van der Waals surface area contributed by atoms with E-state index in [4.69, 9.17) is 6.42 Å². The molecule has 1 N–H and O–H groups in total. The monoisotopic (exact) mass is 165 g/mol. The summed E-state index contributed by atoms with van der Waals surface area (Å²) in [6.45, 7) is 4.06. The van der Waals surface area contributed by atoms with Crippen molar-refractivity contribution in [2.24, 2.45) is 0 Å². The molecule has 0 bridgehead atoms. The quantitative estimate of drug-likeness (QED) is 0.384. The molecule has 0 radical (unpaired) electrons. The summed E-state index contributed by atoms with van der Waals surface area (Å²) in [6.07, 6.45) is 9.67. The van der Waals surface area contributed by atoms with Gasteiger partial charge in [0, 0.05) is 12.1 Å². The fourth-order valence-electron chi connectivity index (χ4n) is 0.859. The van der Waals surface area contributed by atoms with Gasteiger partial charge in [-0.15, -0.1) is 0 Å². The van der Waals surface area contributed by atoms with Crippen LogP contribution >= 0.6 is 0 Å². The number of unbranched alkanes of at least 4 members (excludes halogenated alkanes) is 1. The van der Waals surface area contributed by atoms with E-state index in [1.165, 1.54) is 0 Å². The Morgan fingerprint density at radius 1 is 1.67 bits per heavy atom. The summed E-state index contributed by atoms with van der Waals surface area (Å²) in [5, 5.41) is 2.27. The van der Waals surface area contributed by atoms with E-state index in [1.807, 2.05) is 6.92 Å². The van der Waals surface area contributed by atoms with E-state index in [1.54, 1.807) is 6.08 Å². The number of hydrogen-bond donors (Lipinski definition) is 1. The largest absolute Gasteiger partial charge is 0.282 e. The first kappa shape index (κ1) is 10.8. The highest BCUT2D eigenvalue weighted by Gasteiger charge is 1.94. The normalized spacial score (nSPS) is 10.6. The Morgan fingerprint density at radius 2 is 2.33 bits per heavy atom. The maximum atomic E-state index is 10.9. The third kappa shape index (κ3) is 5.55. The smallest absolute Gasteiger partial charge is 0.255 e. The first-order valence-electron chi connectivity index (χ1n) is 4.13. The summed E-state index contributed by atoms with van der Waals surface area (Å²) in [6, 6.07) is 2.08. The van der Waals surface area contributed by atoms with Gasteiger partial charge in [-0.3, -0.25) is 10.1 Å². The van der Waals surface area contributed by atoms with Gasteiger partial charge < -0.3 is 0 Å². The first-order valence-corrected chi connectivity index (χ1v) is 4.13. The average molecular weight is 165 g/mol. The number of hydrogen-bond acceptors (Lipinski definition) is 1. The van der Waals surface area contributed by atoms with Crippen molar-refractivity contribution in [2.45, 2.75) is 33.1 Å². The molecule has 0 aliphatic rings. The van der Waals surface area contributed by atoms with E-state index in [9.17, 15) is 4.79 Å². The van der Waals surface area contributed by atoms with Crippen LogP contribution in [0.2, 0.25) is 0 Å². The molecule has 0 spiro atoms. The van der Waals surface area contributed by atoms with Gasteiger partial charge in [-0.05, 0) is 19.8 Å². The minimum Gasteiger partial charge on any atom is -0.282 e. The van der Waals surface area contributed by atoms with E-state index in [2.05, 4.69) is 18.3 Å². The molecule has 0 aliphatic heterocycles. The second-order valence-electron chi connectivity index (χ2n) is 2.73. The Morgan fingerprint density at radius 3 is 2.83 bits per heavy atom. The van der Waals surface area contributed by atoms with Crippen LogP contribution in [-0.4, -0.2) is 5.91 Å². The molecule has 0 rings (SSSR count). The molecular weight excluding hydrogens is 150 g/mol. The molecule has 0 heterocycles. The van der Waals surface area contributed by atoms with Gasteiger partial charge >= 0.3 is 0 Å². The van der Waals surface area contributed by atoms with Crippen molar-refractivity contribution in [3.05, 3.63) is 11.6 Å². The Kier molecular flexibility index (Phi) is 5.81. The van der Waals surface area contributed by atoms with Crippen molar-refractivity contribution in [3.63, 3.8) is 0 Å². The van der Waals surface area contributed by atoms with Crippen molar-refractivity contribution in [1.82, 2.24) is 5.32 Å². The van der Waals surface area contributed by atoms with Crippen LogP contribution < -0.4 is 5.32 Å². The Bertz CT molecular complexity index is 210. The number of nitrogens with one attached hydrogen (secondary N) is 1. The lowest BCUT2D eigenvalue weighted by molar-refractivity contribution is -0.115. The number of rotatable bonds is 4. The predicted molar refractivity (Wildman–Crippen MR) is 50.3 cm³/mol. The third-order valence-electron chi connectivity index (χ3n) is 1.50. The molecule has 0 aliphatic carbocycles. The summed E-state index contributed by atoms with van der Waals surface area (Å²) >= 11 is 0. The van der Waals surface area contributed by atoms with E-state index in [-0.39, 0.29) is 5.91 Å². The molecule has 2 nitrogen and oxygen atoms in total. The van der Waals surface area contributed by atoms with E-state index < -0.39 is 0 Å². The zero-order chi connectivity index (χ0) is 9.40. The molecule has 0 aromatic rings. The van der Waals surface area contributed by atoms with Crippen LogP contribution in [0.5, 0.6) is 0 Å². The van der Waals surface area contributed by atoms with Crippen LogP contribution in [0.3, 0.4) is 0 Å². The van der Waals surface area contributed by atoms with Crippen molar-refractivity contribution < 1.29 is 4.79 Å². The van der Waals surface area contributed by atoms with Crippen LogP contribution in [0.25, 0.3) is 0 Å². The number of amides is 1. The second-order valence-corrected chi connectivity index (χ2v) is 2.73. The molecule has 0 atom stereocenters. The van der Waals surface area contributed by atoms with E-state index in [0.29, 0.717) is 0 Å². The molecule has 66 valence electrons. The molecule has 0 saturated carbocycles. The van der Waals surface area contributed by atoms with Crippen molar-refractivity contribution >= 4 is 5.91 Å². The number of carbonyl (C=O) groups excluding carboxylic acids is 1. The zero-order valence-corrected chi connectivity index (χ0v) is 7.68. The summed E-state index contributed by atoms with van der Waals surface area (Å²) < 4.78 is 0. The van der Waals surface area contributed by atoms with Crippen molar-refractivity contribution in [3.8, 4) is 12.5 Å². The Hall–Kier alpha value is -1.23. The summed E-state index contributed by atoms with van der Waals surface area (Å²) in [4.78, 5) is 10.9. The van der Waals surface area contributed by atoms with E-state index >= 15 is 0 Å². The molecule has 12 heavy (non-hydrogen) atoms. The highest BCUT2D eigenvalue weighted by molar-refractivity contribution is 5.89. The van der Waals surface area contributed by atoms with Crippen LogP contribution in [0.4, 0.5) is 0 Å². The average Bonchev–Trinajstić information content (AvgIpc) is 2.01. The van der Waals surface area contributed by atoms with E-state index in [0.717, 1.165) is 24.8 Å². The van der Waals surface area contributed by atoms with Gasteiger partial charge in [0.15, 0.2) is 0 Å². The topological polar surface area (TPSA) is 29.1 Å². The minimum absolute atomic E-state index is 0.203. The summed E-state index contributed by atoms with van der Waals surface area (Å²) in [7, 11) is 0. The fraction of sp³-hybridized carbons (Fsp3) is 0.500. The SMILES string of the molecule is C#CNC(=O)/C=C(\C)CCCC. The lowest BCUT2D eigenvalue weighted by Crippen LogP contribution is -2.14. The van der Waals surface area contributed by atoms with Crippen LogP contribution in [-0.2, 0) is 4.79 Å². The van der Waals surface area contributed by atoms with Crippen LogP contribution in [0.15, 0.2) is 11.6 Å². The number of carbonyl (C=O) groups is 1. The fourth-order valence-corrected chi connectivity index (χ4v) is 0.859. The van der Waals surface area contributed by atoms with Gasteiger partial charge in [0.2, 0.25) is 0 Å². The maximum absolute atomic E-state index is 10.9. The third-order valence-corrected chi connectivity index (χ3v) is 1.50.